The lowest BCUT2D eigenvalue weighted by atomic mass is 10.1. The fourth-order valence-electron chi connectivity index (χ4n) is 1.97. The Kier molecular flexibility index (Phi) is 7.57. The van der Waals surface area contributed by atoms with Gasteiger partial charge in [0.2, 0.25) is 0 Å². The van der Waals surface area contributed by atoms with Gasteiger partial charge in [-0.3, -0.25) is 14.4 Å². The average Bonchev–Trinajstić information content (AvgIpc) is 2.71. The molecule has 0 aliphatic carbocycles. The second-order valence-electron chi connectivity index (χ2n) is 4.55. The van der Waals surface area contributed by atoms with Crippen LogP contribution in [0.3, 0.4) is 0 Å². The maximum Gasteiger partial charge on any atom is 0.303 e. The predicted octanol–water partition coefficient (Wildman–Crippen LogP) is 0.393. The van der Waals surface area contributed by atoms with Crippen molar-refractivity contribution in [2.24, 2.45) is 0 Å². The second-order valence-corrected chi connectivity index (χ2v) is 4.93. The molecule has 0 aromatic rings. The van der Waals surface area contributed by atoms with E-state index in [9.17, 15) is 14.4 Å². The van der Waals surface area contributed by atoms with Gasteiger partial charge >= 0.3 is 17.9 Å². The summed E-state index contributed by atoms with van der Waals surface area (Å²) in [7, 11) is 0. The van der Waals surface area contributed by atoms with Crippen molar-refractivity contribution in [3.8, 4) is 0 Å². The van der Waals surface area contributed by atoms with Crippen molar-refractivity contribution in [2.45, 2.75) is 45.4 Å². The first-order valence-corrected chi connectivity index (χ1v) is 7.19. The number of esters is 3. The van der Waals surface area contributed by atoms with Crippen molar-refractivity contribution in [2.75, 3.05) is 19.1 Å². The van der Waals surface area contributed by atoms with Gasteiger partial charge in [0.25, 0.3) is 0 Å². The van der Waals surface area contributed by atoms with Crippen LogP contribution in [0.25, 0.3) is 0 Å². The molecule has 9 heteroatoms. The van der Waals surface area contributed by atoms with E-state index in [1.165, 1.54) is 20.8 Å². The van der Waals surface area contributed by atoms with E-state index in [-0.39, 0.29) is 19.1 Å². The Labute approximate surface area is 132 Å². The van der Waals surface area contributed by atoms with Crippen LogP contribution in [-0.2, 0) is 38.1 Å². The van der Waals surface area contributed by atoms with Crippen LogP contribution < -0.4 is 0 Å². The molecular weight excluding hydrogens is 320 g/mol. The van der Waals surface area contributed by atoms with Gasteiger partial charge in [0.15, 0.2) is 18.5 Å². The summed E-state index contributed by atoms with van der Waals surface area (Å²) in [5.74, 6) is -1.48. The molecule has 0 bridgehead atoms. The highest BCUT2D eigenvalue weighted by atomic mass is 35.5. The van der Waals surface area contributed by atoms with E-state index in [2.05, 4.69) is 0 Å². The lowest BCUT2D eigenvalue weighted by molar-refractivity contribution is -0.188. The fraction of sp³-hybridized carbons (Fsp3) is 0.769. The largest absolute Gasteiger partial charge is 0.463 e. The molecule has 1 saturated heterocycles. The lowest BCUT2D eigenvalue weighted by Gasteiger charge is -2.23. The zero-order chi connectivity index (χ0) is 16.7. The standard InChI is InChI=1S/C13H19ClO8/c1-7(15)19-6-10-11(20-8(2)16)12(21-9(3)17)13(22-10)18-5-4-14/h10-13H,4-6H2,1-3H3/t10-,11-,12-,13-/m1/s1. The molecule has 126 valence electrons. The first kappa shape index (κ1) is 18.7. The van der Waals surface area contributed by atoms with Gasteiger partial charge in [-0.05, 0) is 0 Å². The summed E-state index contributed by atoms with van der Waals surface area (Å²) in [6, 6.07) is 0. The molecule has 0 aromatic heterocycles. The minimum atomic E-state index is -0.967. The van der Waals surface area contributed by atoms with Gasteiger partial charge in [-0.2, -0.15) is 0 Å². The number of carbonyl (C=O) groups is 3. The zero-order valence-corrected chi connectivity index (χ0v) is 13.3. The molecule has 0 unspecified atom stereocenters. The van der Waals surface area contributed by atoms with Crippen molar-refractivity contribution in [1.29, 1.82) is 0 Å². The van der Waals surface area contributed by atoms with Crippen molar-refractivity contribution in [3.63, 3.8) is 0 Å². The van der Waals surface area contributed by atoms with Crippen LogP contribution in [0.1, 0.15) is 20.8 Å². The molecule has 0 radical (unpaired) electrons. The maximum absolute atomic E-state index is 11.2. The Morgan fingerprint density at radius 1 is 1.00 bits per heavy atom. The molecule has 0 N–H and O–H groups in total. The Balaban J connectivity index is 2.87. The van der Waals surface area contributed by atoms with Crippen molar-refractivity contribution in [3.05, 3.63) is 0 Å². The summed E-state index contributed by atoms with van der Waals surface area (Å²) in [5, 5.41) is 0. The number of hydrogen-bond donors (Lipinski definition) is 0. The highest BCUT2D eigenvalue weighted by Crippen LogP contribution is 2.28. The summed E-state index contributed by atoms with van der Waals surface area (Å²) in [4.78, 5) is 33.4. The topological polar surface area (TPSA) is 97.4 Å². The average molecular weight is 339 g/mol. The molecule has 1 rings (SSSR count). The van der Waals surface area contributed by atoms with Gasteiger partial charge < -0.3 is 23.7 Å². The summed E-state index contributed by atoms with van der Waals surface area (Å²) in [6.07, 6.45) is -3.68. The van der Waals surface area contributed by atoms with E-state index >= 15 is 0 Å². The van der Waals surface area contributed by atoms with E-state index in [1.807, 2.05) is 0 Å². The zero-order valence-electron chi connectivity index (χ0n) is 12.6. The fourth-order valence-corrected chi connectivity index (χ4v) is 2.06. The van der Waals surface area contributed by atoms with Crippen LogP contribution >= 0.6 is 11.6 Å². The van der Waals surface area contributed by atoms with E-state index in [0.717, 1.165) is 0 Å². The molecule has 8 nitrogen and oxygen atoms in total. The smallest absolute Gasteiger partial charge is 0.303 e. The third kappa shape index (κ3) is 5.78. The molecular formula is C13H19ClO8. The maximum atomic E-state index is 11.2. The molecule has 1 aliphatic heterocycles. The molecule has 0 spiro atoms. The first-order chi connectivity index (χ1) is 10.3. The number of rotatable bonds is 7. The van der Waals surface area contributed by atoms with Crippen LogP contribution in [0.15, 0.2) is 0 Å². The van der Waals surface area contributed by atoms with E-state index in [4.69, 9.17) is 35.3 Å². The van der Waals surface area contributed by atoms with E-state index in [1.54, 1.807) is 0 Å². The number of ether oxygens (including phenoxy) is 5. The monoisotopic (exact) mass is 338 g/mol. The summed E-state index contributed by atoms with van der Waals surface area (Å²) < 4.78 is 26.0. The number of carbonyl (C=O) groups excluding carboxylic acids is 3. The van der Waals surface area contributed by atoms with Gasteiger partial charge in [0.1, 0.15) is 12.7 Å². The van der Waals surface area contributed by atoms with Crippen LogP contribution in [0.5, 0.6) is 0 Å². The van der Waals surface area contributed by atoms with Crippen molar-refractivity contribution in [1.82, 2.24) is 0 Å². The van der Waals surface area contributed by atoms with E-state index in [0.29, 0.717) is 0 Å². The van der Waals surface area contributed by atoms with Gasteiger partial charge in [-0.25, -0.2) is 0 Å². The second kappa shape index (κ2) is 8.92. The summed E-state index contributed by atoms with van der Waals surface area (Å²) in [5.41, 5.74) is 0. The van der Waals surface area contributed by atoms with Crippen LogP contribution in [0.2, 0.25) is 0 Å². The molecule has 0 amide bonds. The molecule has 4 atom stereocenters. The minimum absolute atomic E-state index is 0.150. The Morgan fingerprint density at radius 3 is 2.09 bits per heavy atom. The minimum Gasteiger partial charge on any atom is -0.463 e. The first-order valence-electron chi connectivity index (χ1n) is 6.66. The SMILES string of the molecule is CC(=O)OC[C@H]1O[C@@H](OCCCl)[C@H](OC(C)=O)[C@@H]1OC(C)=O. The van der Waals surface area contributed by atoms with Gasteiger partial charge in [0.05, 0.1) is 6.61 Å². The van der Waals surface area contributed by atoms with Gasteiger partial charge in [-0.15, -0.1) is 11.6 Å². The van der Waals surface area contributed by atoms with Gasteiger partial charge in [0, 0.05) is 26.7 Å². The number of halogens is 1. The summed E-state index contributed by atoms with van der Waals surface area (Å²) in [6.45, 7) is 3.65. The highest BCUT2D eigenvalue weighted by molar-refractivity contribution is 6.17. The number of alkyl halides is 1. The predicted molar refractivity (Wildman–Crippen MR) is 73.1 cm³/mol. The lowest BCUT2D eigenvalue weighted by Crippen LogP contribution is -2.41. The summed E-state index contributed by atoms with van der Waals surface area (Å²) >= 11 is 5.55. The quantitative estimate of drug-likeness (QED) is 0.373. The molecule has 22 heavy (non-hydrogen) atoms. The highest BCUT2D eigenvalue weighted by Gasteiger charge is 2.50. The van der Waals surface area contributed by atoms with Gasteiger partial charge in [-0.1, -0.05) is 0 Å². The van der Waals surface area contributed by atoms with Crippen molar-refractivity contribution >= 4 is 29.5 Å². The normalized spacial score (nSPS) is 27.3. The molecule has 0 aromatic carbocycles. The van der Waals surface area contributed by atoms with E-state index < -0.39 is 42.5 Å². The van der Waals surface area contributed by atoms with Crippen LogP contribution in [-0.4, -0.2) is 61.6 Å². The Bertz CT molecular complexity index is 413. The van der Waals surface area contributed by atoms with Crippen LogP contribution in [0.4, 0.5) is 0 Å². The molecule has 1 aliphatic rings. The third-order valence-electron chi connectivity index (χ3n) is 2.68. The number of hydrogen-bond acceptors (Lipinski definition) is 8. The van der Waals surface area contributed by atoms with Crippen LogP contribution in [0, 0.1) is 0 Å². The van der Waals surface area contributed by atoms with Crippen molar-refractivity contribution < 1.29 is 38.1 Å². The molecule has 1 fully saturated rings. The Hall–Kier alpha value is -1.38. The molecule has 0 saturated carbocycles. The molecule has 1 heterocycles. The third-order valence-corrected chi connectivity index (χ3v) is 2.84. The Morgan fingerprint density at radius 2 is 1.59 bits per heavy atom.